The van der Waals surface area contributed by atoms with E-state index in [-0.39, 0.29) is 23.8 Å². The average Bonchev–Trinajstić information content (AvgIpc) is 3.36. The van der Waals surface area contributed by atoms with E-state index in [1.807, 2.05) is 12.1 Å². The monoisotopic (exact) mass is 421 g/mol. The van der Waals surface area contributed by atoms with Gasteiger partial charge in [0, 0.05) is 40.3 Å². The number of aromatic amines is 1. The van der Waals surface area contributed by atoms with Gasteiger partial charge in [0.05, 0.1) is 11.4 Å². The number of nitrogens with one attached hydrogen (secondary N) is 2. The number of carbonyl (C=O) groups excluding carboxylic acids is 2. The zero-order chi connectivity index (χ0) is 20.8. The lowest BCUT2D eigenvalue weighted by molar-refractivity contribution is -0.122. The molecule has 3 aromatic rings. The molecule has 1 fully saturated rings. The maximum absolute atomic E-state index is 12.8. The van der Waals surface area contributed by atoms with Gasteiger partial charge in [0.15, 0.2) is 0 Å². The molecular weight excluding hydrogens is 402 g/mol. The Morgan fingerprint density at radius 3 is 2.63 bits per heavy atom. The molecule has 0 saturated carbocycles. The van der Waals surface area contributed by atoms with Crippen molar-refractivity contribution < 1.29 is 9.59 Å². The maximum atomic E-state index is 12.8. The highest BCUT2D eigenvalue weighted by Crippen LogP contribution is 2.29. The van der Waals surface area contributed by atoms with Gasteiger partial charge in [0.25, 0.3) is 5.56 Å². The number of halogens is 1. The Balaban J connectivity index is 1.35. The molecule has 30 heavy (non-hydrogen) atoms. The fraction of sp³-hybridized carbons (Fsp3) is 0.261. The second-order valence-electron chi connectivity index (χ2n) is 7.90. The molecule has 0 bridgehead atoms. The number of aromatic nitrogens is 1. The van der Waals surface area contributed by atoms with Crippen LogP contribution in [-0.2, 0) is 22.4 Å². The minimum Gasteiger partial charge on any atom is -0.326 e. The number of hydrogen-bond acceptors (Lipinski definition) is 3. The van der Waals surface area contributed by atoms with Crippen LogP contribution in [0.15, 0.2) is 47.3 Å². The molecule has 1 saturated heterocycles. The number of benzene rings is 2. The number of nitrogens with zero attached hydrogens (tertiary/aromatic N) is 1. The van der Waals surface area contributed by atoms with Gasteiger partial charge in [-0.25, -0.2) is 0 Å². The van der Waals surface area contributed by atoms with Crippen molar-refractivity contribution in [3.63, 3.8) is 0 Å². The van der Waals surface area contributed by atoms with Crippen molar-refractivity contribution in [3.8, 4) is 0 Å². The van der Waals surface area contributed by atoms with Gasteiger partial charge < -0.3 is 15.2 Å². The number of carbonyl (C=O) groups is 2. The number of rotatable bonds is 3. The first-order valence-corrected chi connectivity index (χ1v) is 10.4. The molecule has 0 radical (unpaired) electrons. The molecule has 7 heteroatoms. The lowest BCUT2D eigenvalue weighted by Gasteiger charge is -2.17. The summed E-state index contributed by atoms with van der Waals surface area (Å²) in [5.74, 6) is -0.735. The Morgan fingerprint density at radius 1 is 1.07 bits per heavy atom. The number of fused-ring (bicyclic) bond motifs is 3. The molecule has 6 nitrogen and oxygen atoms in total. The smallest absolute Gasteiger partial charge is 0.251 e. The van der Waals surface area contributed by atoms with Crippen molar-refractivity contribution in [2.45, 2.75) is 25.7 Å². The zero-order valence-electron chi connectivity index (χ0n) is 16.2. The van der Waals surface area contributed by atoms with E-state index in [1.165, 1.54) is 0 Å². The number of amides is 2. The molecule has 0 spiro atoms. The SMILES string of the molecule is O=C(Nc1ccc2c3c(c(=O)[nH]c2c1)CCC3)C1CC(=O)N(c2ccc(Cl)cc2)C1. The van der Waals surface area contributed by atoms with Crippen LogP contribution in [0.2, 0.25) is 5.02 Å². The third kappa shape index (κ3) is 3.27. The van der Waals surface area contributed by atoms with Gasteiger partial charge in [-0.15, -0.1) is 0 Å². The van der Waals surface area contributed by atoms with E-state index >= 15 is 0 Å². The quantitative estimate of drug-likeness (QED) is 0.677. The Bertz CT molecular complexity index is 1230. The van der Waals surface area contributed by atoms with E-state index in [2.05, 4.69) is 10.3 Å². The van der Waals surface area contributed by atoms with Gasteiger partial charge in [-0.1, -0.05) is 17.7 Å². The van der Waals surface area contributed by atoms with Gasteiger partial charge in [-0.3, -0.25) is 14.4 Å². The highest BCUT2D eigenvalue weighted by atomic mass is 35.5. The first kappa shape index (κ1) is 18.9. The Kier molecular flexibility index (Phi) is 4.59. The molecule has 2 heterocycles. The largest absolute Gasteiger partial charge is 0.326 e. The molecule has 1 aliphatic heterocycles. The topological polar surface area (TPSA) is 82.3 Å². The number of H-pyrrole nitrogens is 1. The lowest BCUT2D eigenvalue weighted by atomic mass is 10.0. The molecule has 152 valence electrons. The van der Waals surface area contributed by atoms with Crippen molar-refractivity contribution >= 4 is 45.7 Å². The van der Waals surface area contributed by atoms with Crippen LogP contribution in [0.5, 0.6) is 0 Å². The van der Waals surface area contributed by atoms with E-state index in [0.717, 1.165) is 47.0 Å². The van der Waals surface area contributed by atoms with Gasteiger partial charge in [-0.05, 0) is 61.2 Å². The molecule has 1 aromatic heterocycles. The Morgan fingerprint density at radius 2 is 1.83 bits per heavy atom. The summed E-state index contributed by atoms with van der Waals surface area (Å²) in [6.45, 7) is 0.324. The predicted octanol–water partition coefficient (Wildman–Crippen LogP) is 3.66. The molecule has 2 aliphatic rings. The summed E-state index contributed by atoms with van der Waals surface area (Å²) in [5.41, 5.74) is 4.02. The van der Waals surface area contributed by atoms with E-state index in [9.17, 15) is 14.4 Å². The van der Waals surface area contributed by atoms with E-state index in [4.69, 9.17) is 11.6 Å². The molecule has 1 unspecified atom stereocenters. The van der Waals surface area contributed by atoms with Gasteiger partial charge >= 0.3 is 0 Å². The highest BCUT2D eigenvalue weighted by Gasteiger charge is 2.35. The van der Waals surface area contributed by atoms with Crippen LogP contribution in [0.25, 0.3) is 10.9 Å². The average molecular weight is 422 g/mol. The first-order chi connectivity index (χ1) is 14.5. The summed E-state index contributed by atoms with van der Waals surface area (Å²) in [6.07, 6.45) is 2.88. The number of pyridine rings is 1. The summed E-state index contributed by atoms with van der Waals surface area (Å²) >= 11 is 5.92. The van der Waals surface area contributed by atoms with Crippen LogP contribution in [0.1, 0.15) is 24.0 Å². The standard InChI is InChI=1S/C23H20ClN3O3/c24-14-4-7-16(8-5-14)27-12-13(10-21(27)28)22(29)25-15-6-9-18-17-2-1-3-19(17)23(30)26-20(18)11-15/h4-9,11,13H,1-3,10,12H2,(H,25,29)(H,26,30). The third-order valence-corrected chi connectivity index (χ3v) is 6.24. The summed E-state index contributed by atoms with van der Waals surface area (Å²) in [5, 5.41) is 4.53. The highest BCUT2D eigenvalue weighted by molar-refractivity contribution is 6.30. The normalized spacial score (nSPS) is 18.1. The third-order valence-electron chi connectivity index (χ3n) is 5.99. The van der Waals surface area contributed by atoms with Crippen LogP contribution in [0.3, 0.4) is 0 Å². The molecule has 2 amide bonds. The molecule has 2 aromatic carbocycles. The van der Waals surface area contributed by atoms with Gasteiger partial charge in [0.1, 0.15) is 0 Å². The van der Waals surface area contributed by atoms with Crippen molar-refractivity contribution in [3.05, 3.63) is 69.0 Å². The van der Waals surface area contributed by atoms with Gasteiger partial charge in [-0.2, -0.15) is 0 Å². The van der Waals surface area contributed by atoms with Gasteiger partial charge in [0.2, 0.25) is 11.8 Å². The van der Waals surface area contributed by atoms with E-state index < -0.39 is 5.92 Å². The summed E-state index contributed by atoms with van der Waals surface area (Å²) in [7, 11) is 0. The summed E-state index contributed by atoms with van der Waals surface area (Å²) in [6, 6.07) is 12.6. The second kappa shape index (κ2) is 7.29. The minimum atomic E-state index is -0.442. The Labute approximate surface area is 177 Å². The first-order valence-electron chi connectivity index (χ1n) is 10.0. The number of hydrogen-bond donors (Lipinski definition) is 2. The zero-order valence-corrected chi connectivity index (χ0v) is 17.0. The molecule has 1 atom stereocenters. The number of aryl methyl sites for hydroxylation is 1. The summed E-state index contributed by atoms with van der Waals surface area (Å²) < 4.78 is 0. The summed E-state index contributed by atoms with van der Waals surface area (Å²) in [4.78, 5) is 42.1. The molecule has 1 aliphatic carbocycles. The van der Waals surface area contributed by atoms with Crippen molar-refractivity contribution in [2.24, 2.45) is 5.92 Å². The van der Waals surface area contributed by atoms with E-state index in [1.54, 1.807) is 35.2 Å². The van der Waals surface area contributed by atoms with Crippen LogP contribution in [0.4, 0.5) is 11.4 Å². The fourth-order valence-electron chi connectivity index (χ4n) is 4.48. The lowest BCUT2D eigenvalue weighted by Crippen LogP contribution is -2.28. The van der Waals surface area contributed by atoms with Crippen molar-refractivity contribution in [1.29, 1.82) is 0 Å². The molecule has 2 N–H and O–H groups in total. The fourth-order valence-corrected chi connectivity index (χ4v) is 4.60. The second-order valence-corrected chi connectivity index (χ2v) is 8.33. The predicted molar refractivity (Wildman–Crippen MR) is 117 cm³/mol. The van der Waals surface area contributed by atoms with Crippen LogP contribution in [0, 0.1) is 5.92 Å². The van der Waals surface area contributed by atoms with Crippen LogP contribution < -0.4 is 15.8 Å². The maximum Gasteiger partial charge on any atom is 0.251 e. The van der Waals surface area contributed by atoms with Crippen LogP contribution in [-0.4, -0.2) is 23.3 Å². The van der Waals surface area contributed by atoms with Crippen LogP contribution >= 0.6 is 11.6 Å². The van der Waals surface area contributed by atoms with E-state index in [0.29, 0.717) is 17.3 Å². The molecule has 5 rings (SSSR count). The van der Waals surface area contributed by atoms with Crippen molar-refractivity contribution in [2.75, 3.05) is 16.8 Å². The molecular formula is C23H20ClN3O3. The number of anilines is 2. The minimum absolute atomic E-state index is 0.0431. The van der Waals surface area contributed by atoms with Crippen molar-refractivity contribution in [1.82, 2.24) is 4.98 Å². The Hall–Kier alpha value is -3.12.